The Bertz CT molecular complexity index is 1030. The number of amides is 2. The number of carbonyl (C=O) groups excluding carboxylic acids is 2. The standard InChI is InChI=1S/C20H20FN3O3/c1-11-15(16-8-13(21)4-6-17(16)22-11)10-20(26)24-18-9-14(23-12(2)25)5-7-19(18)27-3/h4-9,22H,10H2,1-3H3,(H,23,25)(H,24,26). The number of H-pyrrole nitrogens is 1. The Morgan fingerprint density at radius 1 is 1.15 bits per heavy atom. The highest BCUT2D eigenvalue weighted by Crippen LogP contribution is 2.29. The molecule has 3 N–H and O–H groups in total. The van der Waals surface area contributed by atoms with E-state index in [1.165, 1.54) is 26.2 Å². The Labute approximate surface area is 155 Å². The fourth-order valence-corrected chi connectivity index (χ4v) is 3.02. The van der Waals surface area contributed by atoms with Crippen LogP contribution in [-0.2, 0) is 16.0 Å². The summed E-state index contributed by atoms with van der Waals surface area (Å²) >= 11 is 0. The van der Waals surface area contributed by atoms with Gasteiger partial charge in [0.15, 0.2) is 0 Å². The molecule has 3 rings (SSSR count). The zero-order chi connectivity index (χ0) is 19.6. The van der Waals surface area contributed by atoms with E-state index in [9.17, 15) is 14.0 Å². The van der Waals surface area contributed by atoms with Gasteiger partial charge in [-0.3, -0.25) is 9.59 Å². The number of fused-ring (bicyclic) bond motifs is 1. The molecule has 0 atom stereocenters. The summed E-state index contributed by atoms with van der Waals surface area (Å²) in [5.74, 6) is -0.373. The predicted molar refractivity (Wildman–Crippen MR) is 103 cm³/mol. The van der Waals surface area contributed by atoms with Crippen molar-refractivity contribution in [3.63, 3.8) is 0 Å². The molecule has 0 aliphatic heterocycles. The van der Waals surface area contributed by atoms with Gasteiger partial charge in [-0.15, -0.1) is 0 Å². The molecule has 0 radical (unpaired) electrons. The molecule has 7 heteroatoms. The van der Waals surface area contributed by atoms with Crippen molar-refractivity contribution >= 4 is 34.1 Å². The third-order valence-corrected chi connectivity index (χ3v) is 4.21. The van der Waals surface area contributed by atoms with Crippen LogP contribution >= 0.6 is 0 Å². The van der Waals surface area contributed by atoms with Crippen LogP contribution in [0, 0.1) is 12.7 Å². The minimum atomic E-state index is -0.354. The van der Waals surface area contributed by atoms with Crippen LogP contribution in [-0.4, -0.2) is 23.9 Å². The summed E-state index contributed by atoms with van der Waals surface area (Å²) in [7, 11) is 1.50. The number of halogens is 1. The Morgan fingerprint density at radius 3 is 2.63 bits per heavy atom. The molecule has 0 saturated heterocycles. The molecule has 0 fully saturated rings. The number of benzene rings is 2. The number of anilines is 2. The monoisotopic (exact) mass is 369 g/mol. The number of hydrogen-bond donors (Lipinski definition) is 3. The van der Waals surface area contributed by atoms with Crippen LogP contribution < -0.4 is 15.4 Å². The highest BCUT2D eigenvalue weighted by Gasteiger charge is 2.15. The number of aromatic nitrogens is 1. The SMILES string of the molecule is COc1ccc(NC(C)=O)cc1NC(=O)Cc1c(C)[nH]c2ccc(F)cc12. The average Bonchev–Trinajstić information content (AvgIpc) is 2.90. The van der Waals surface area contributed by atoms with Gasteiger partial charge in [0, 0.05) is 29.2 Å². The molecule has 2 aromatic carbocycles. The molecule has 27 heavy (non-hydrogen) atoms. The number of carbonyl (C=O) groups is 2. The Hall–Kier alpha value is -3.35. The van der Waals surface area contributed by atoms with Crippen LogP contribution in [0.15, 0.2) is 36.4 Å². The molecular weight excluding hydrogens is 349 g/mol. The lowest BCUT2D eigenvalue weighted by Gasteiger charge is -2.12. The van der Waals surface area contributed by atoms with Crippen molar-refractivity contribution in [2.75, 3.05) is 17.7 Å². The third kappa shape index (κ3) is 4.08. The number of aryl methyl sites for hydroxylation is 1. The van der Waals surface area contributed by atoms with E-state index in [1.807, 2.05) is 6.92 Å². The molecule has 140 valence electrons. The quantitative estimate of drug-likeness (QED) is 0.640. The molecule has 2 amide bonds. The van der Waals surface area contributed by atoms with Gasteiger partial charge < -0.3 is 20.4 Å². The predicted octanol–water partition coefficient (Wildman–Crippen LogP) is 3.76. The van der Waals surface area contributed by atoms with Gasteiger partial charge in [-0.2, -0.15) is 0 Å². The van der Waals surface area contributed by atoms with Crippen LogP contribution in [0.4, 0.5) is 15.8 Å². The van der Waals surface area contributed by atoms with E-state index in [0.29, 0.717) is 22.5 Å². The summed E-state index contributed by atoms with van der Waals surface area (Å²) in [5, 5.41) is 6.14. The second kappa shape index (κ2) is 7.49. The molecule has 0 unspecified atom stereocenters. The molecule has 3 aromatic rings. The molecule has 1 aromatic heterocycles. The number of aromatic amines is 1. The highest BCUT2D eigenvalue weighted by molar-refractivity contribution is 5.98. The van der Waals surface area contributed by atoms with Gasteiger partial charge in [0.25, 0.3) is 0 Å². The zero-order valence-electron chi connectivity index (χ0n) is 15.3. The van der Waals surface area contributed by atoms with E-state index < -0.39 is 0 Å². The lowest BCUT2D eigenvalue weighted by atomic mass is 10.1. The summed E-state index contributed by atoms with van der Waals surface area (Å²) in [6, 6.07) is 9.41. The van der Waals surface area contributed by atoms with E-state index in [0.717, 1.165) is 16.8 Å². The summed E-state index contributed by atoms with van der Waals surface area (Å²) in [6.45, 7) is 3.25. The van der Waals surface area contributed by atoms with Crippen LogP contribution in [0.3, 0.4) is 0 Å². The van der Waals surface area contributed by atoms with Gasteiger partial charge in [-0.1, -0.05) is 0 Å². The van der Waals surface area contributed by atoms with Crippen LogP contribution in [0.25, 0.3) is 10.9 Å². The smallest absolute Gasteiger partial charge is 0.228 e. The van der Waals surface area contributed by atoms with Crippen molar-refractivity contribution in [3.8, 4) is 5.75 Å². The molecule has 0 aliphatic carbocycles. The van der Waals surface area contributed by atoms with Gasteiger partial charge in [0.05, 0.1) is 19.2 Å². The summed E-state index contributed by atoms with van der Waals surface area (Å²) in [6.07, 6.45) is 0.0722. The maximum atomic E-state index is 13.6. The highest BCUT2D eigenvalue weighted by atomic mass is 19.1. The first kappa shape index (κ1) is 18.4. The minimum absolute atomic E-state index is 0.0722. The van der Waals surface area contributed by atoms with Crippen molar-refractivity contribution < 1.29 is 18.7 Å². The van der Waals surface area contributed by atoms with Crippen molar-refractivity contribution in [2.24, 2.45) is 0 Å². The maximum absolute atomic E-state index is 13.6. The minimum Gasteiger partial charge on any atom is -0.495 e. The van der Waals surface area contributed by atoms with Crippen molar-refractivity contribution in [1.82, 2.24) is 4.98 Å². The molecule has 0 aliphatic rings. The number of hydrogen-bond acceptors (Lipinski definition) is 3. The van der Waals surface area contributed by atoms with Crippen molar-refractivity contribution in [3.05, 3.63) is 53.5 Å². The van der Waals surface area contributed by atoms with Crippen molar-refractivity contribution in [2.45, 2.75) is 20.3 Å². The third-order valence-electron chi connectivity index (χ3n) is 4.21. The van der Waals surface area contributed by atoms with Crippen LogP contribution in [0.1, 0.15) is 18.2 Å². The summed E-state index contributed by atoms with van der Waals surface area (Å²) < 4.78 is 18.9. The van der Waals surface area contributed by atoms with Gasteiger partial charge in [0.1, 0.15) is 11.6 Å². The lowest BCUT2D eigenvalue weighted by Crippen LogP contribution is -2.16. The second-order valence-corrected chi connectivity index (χ2v) is 6.24. The fourth-order valence-electron chi connectivity index (χ4n) is 3.02. The Balaban J connectivity index is 1.85. The van der Waals surface area contributed by atoms with E-state index in [1.54, 1.807) is 24.3 Å². The molecule has 0 bridgehead atoms. The zero-order valence-corrected chi connectivity index (χ0v) is 15.3. The van der Waals surface area contributed by atoms with E-state index in [4.69, 9.17) is 4.74 Å². The fraction of sp³-hybridized carbons (Fsp3) is 0.200. The number of methoxy groups -OCH3 is 1. The number of ether oxygens (including phenoxy) is 1. The number of nitrogens with one attached hydrogen (secondary N) is 3. The van der Waals surface area contributed by atoms with E-state index >= 15 is 0 Å². The normalized spacial score (nSPS) is 10.7. The maximum Gasteiger partial charge on any atom is 0.228 e. The first-order valence-electron chi connectivity index (χ1n) is 8.39. The lowest BCUT2D eigenvalue weighted by molar-refractivity contribution is -0.115. The van der Waals surface area contributed by atoms with Gasteiger partial charge in [0.2, 0.25) is 11.8 Å². The van der Waals surface area contributed by atoms with Crippen LogP contribution in [0.5, 0.6) is 5.75 Å². The second-order valence-electron chi connectivity index (χ2n) is 6.24. The average molecular weight is 369 g/mol. The van der Waals surface area contributed by atoms with Crippen molar-refractivity contribution in [1.29, 1.82) is 0 Å². The number of rotatable bonds is 5. The van der Waals surface area contributed by atoms with Gasteiger partial charge in [-0.25, -0.2) is 4.39 Å². The summed E-state index contributed by atoms with van der Waals surface area (Å²) in [4.78, 5) is 27.0. The molecule has 0 spiro atoms. The topological polar surface area (TPSA) is 83.2 Å². The molecular formula is C20H20FN3O3. The summed E-state index contributed by atoms with van der Waals surface area (Å²) in [5.41, 5.74) is 3.31. The first-order chi connectivity index (χ1) is 12.9. The Morgan fingerprint density at radius 2 is 1.93 bits per heavy atom. The molecule has 6 nitrogen and oxygen atoms in total. The van der Waals surface area contributed by atoms with E-state index in [-0.39, 0.29) is 24.1 Å². The first-order valence-corrected chi connectivity index (χ1v) is 8.39. The van der Waals surface area contributed by atoms with E-state index in [2.05, 4.69) is 15.6 Å². The Kier molecular flexibility index (Phi) is 5.12. The molecule has 0 saturated carbocycles. The molecule has 1 heterocycles. The van der Waals surface area contributed by atoms with Gasteiger partial charge >= 0.3 is 0 Å². The van der Waals surface area contributed by atoms with Gasteiger partial charge in [-0.05, 0) is 48.9 Å². The van der Waals surface area contributed by atoms with Crippen LogP contribution in [0.2, 0.25) is 0 Å². The largest absolute Gasteiger partial charge is 0.495 e.